The summed E-state index contributed by atoms with van der Waals surface area (Å²) in [4.78, 5) is 12.2. The molecular formula is C18H24N4O3S. The first-order chi connectivity index (χ1) is 12.8. The van der Waals surface area contributed by atoms with Crippen molar-refractivity contribution in [2.75, 3.05) is 33.4 Å². The van der Waals surface area contributed by atoms with E-state index in [0.29, 0.717) is 19.0 Å². The molecule has 4 rings (SSSR count). The zero-order chi connectivity index (χ0) is 17.8. The van der Waals surface area contributed by atoms with Gasteiger partial charge in [-0.1, -0.05) is 6.07 Å². The fourth-order valence-electron chi connectivity index (χ4n) is 3.39. The number of aromatic nitrogens is 1. The Balaban J connectivity index is 1.34. The van der Waals surface area contributed by atoms with E-state index in [1.54, 1.807) is 24.6 Å². The number of morpholine rings is 1. The third kappa shape index (κ3) is 3.92. The smallest absolute Gasteiger partial charge is 0.236 e. The lowest BCUT2D eigenvalue weighted by Crippen LogP contribution is -2.53. The maximum atomic E-state index is 5.92. The number of ether oxygens (including phenoxy) is 2. The molecule has 4 heterocycles. The predicted octanol–water partition coefficient (Wildman–Crippen LogP) is 2.36. The molecule has 2 aliphatic heterocycles. The molecule has 0 bridgehead atoms. The van der Waals surface area contributed by atoms with Crippen LogP contribution in [0.1, 0.15) is 18.5 Å². The molecular weight excluding hydrogens is 352 g/mol. The van der Waals surface area contributed by atoms with Gasteiger partial charge in [-0.25, -0.2) is 4.98 Å². The van der Waals surface area contributed by atoms with E-state index >= 15 is 0 Å². The number of aliphatic imine (C=N–C) groups is 1. The minimum Gasteiger partial charge on any atom is -0.443 e. The topological polar surface area (TPSA) is 72.1 Å². The summed E-state index contributed by atoms with van der Waals surface area (Å²) in [6.45, 7) is 3.73. The number of rotatable bonds is 4. The summed E-state index contributed by atoms with van der Waals surface area (Å²) in [7, 11) is 1.80. The monoisotopic (exact) mass is 376 g/mol. The Morgan fingerprint density at radius 2 is 2.31 bits per heavy atom. The summed E-state index contributed by atoms with van der Waals surface area (Å²) in [6, 6.07) is 4.00. The third-order valence-electron chi connectivity index (χ3n) is 4.70. The number of nitrogens with one attached hydrogen (secondary N) is 1. The van der Waals surface area contributed by atoms with Crippen molar-refractivity contribution in [3.05, 3.63) is 29.5 Å². The molecule has 8 heteroatoms. The summed E-state index contributed by atoms with van der Waals surface area (Å²) in [6.07, 6.45) is 4.22. The van der Waals surface area contributed by atoms with Gasteiger partial charge in [-0.15, -0.1) is 11.3 Å². The van der Waals surface area contributed by atoms with E-state index in [0.717, 1.165) is 49.1 Å². The van der Waals surface area contributed by atoms with Gasteiger partial charge in [0.05, 0.1) is 29.8 Å². The Kier molecular flexibility index (Phi) is 5.52. The molecule has 0 amide bonds. The molecule has 2 aromatic rings. The van der Waals surface area contributed by atoms with Crippen molar-refractivity contribution in [2.24, 2.45) is 4.99 Å². The van der Waals surface area contributed by atoms with Gasteiger partial charge in [0.2, 0.25) is 5.89 Å². The first kappa shape index (κ1) is 17.5. The average molecular weight is 376 g/mol. The van der Waals surface area contributed by atoms with Crippen molar-refractivity contribution in [2.45, 2.75) is 31.6 Å². The van der Waals surface area contributed by atoms with Crippen molar-refractivity contribution in [1.82, 2.24) is 15.2 Å². The highest BCUT2D eigenvalue weighted by Gasteiger charge is 2.32. The molecule has 1 N–H and O–H groups in total. The maximum absolute atomic E-state index is 5.92. The van der Waals surface area contributed by atoms with E-state index in [2.05, 4.69) is 20.2 Å². The molecule has 140 valence electrons. The van der Waals surface area contributed by atoms with E-state index in [-0.39, 0.29) is 12.2 Å². The van der Waals surface area contributed by atoms with Gasteiger partial charge in [0, 0.05) is 26.7 Å². The second-order valence-electron chi connectivity index (χ2n) is 6.43. The molecule has 7 nitrogen and oxygen atoms in total. The quantitative estimate of drug-likeness (QED) is 0.652. The Morgan fingerprint density at radius 3 is 3.08 bits per heavy atom. The lowest BCUT2D eigenvalue weighted by Gasteiger charge is -2.37. The van der Waals surface area contributed by atoms with Crippen LogP contribution >= 0.6 is 11.3 Å². The molecule has 0 spiro atoms. The van der Waals surface area contributed by atoms with Crippen LogP contribution in [0, 0.1) is 0 Å². The van der Waals surface area contributed by atoms with Crippen LogP contribution in [0.3, 0.4) is 0 Å². The van der Waals surface area contributed by atoms with Gasteiger partial charge in [0.15, 0.2) is 5.96 Å². The van der Waals surface area contributed by atoms with Crippen LogP contribution in [0.2, 0.25) is 0 Å². The fourth-order valence-corrected chi connectivity index (χ4v) is 4.05. The van der Waals surface area contributed by atoms with Crippen molar-refractivity contribution in [3.63, 3.8) is 0 Å². The maximum Gasteiger partial charge on any atom is 0.236 e. The molecule has 2 aliphatic rings. The first-order valence-corrected chi connectivity index (χ1v) is 9.88. The van der Waals surface area contributed by atoms with Crippen LogP contribution in [0.5, 0.6) is 0 Å². The van der Waals surface area contributed by atoms with Crippen LogP contribution in [0.25, 0.3) is 10.8 Å². The van der Waals surface area contributed by atoms with Crippen molar-refractivity contribution >= 4 is 17.3 Å². The van der Waals surface area contributed by atoms with Crippen molar-refractivity contribution in [1.29, 1.82) is 0 Å². The van der Waals surface area contributed by atoms with Gasteiger partial charge in [-0.2, -0.15) is 0 Å². The second kappa shape index (κ2) is 8.20. The molecule has 2 saturated heterocycles. The van der Waals surface area contributed by atoms with Crippen molar-refractivity contribution in [3.8, 4) is 10.8 Å². The van der Waals surface area contributed by atoms with Gasteiger partial charge in [-0.3, -0.25) is 4.99 Å². The second-order valence-corrected chi connectivity index (χ2v) is 7.38. The van der Waals surface area contributed by atoms with Crippen LogP contribution in [0.15, 0.2) is 33.2 Å². The number of hydrogen-bond acceptors (Lipinski definition) is 6. The van der Waals surface area contributed by atoms with Gasteiger partial charge >= 0.3 is 0 Å². The Hall–Kier alpha value is -1.90. The number of hydrogen-bond donors (Lipinski definition) is 1. The molecule has 0 aliphatic carbocycles. The Labute approximate surface area is 157 Å². The summed E-state index contributed by atoms with van der Waals surface area (Å²) < 4.78 is 17.3. The molecule has 0 saturated carbocycles. The Morgan fingerprint density at radius 1 is 1.38 bits per heavy atom. The highest BCUT2D eigenvalue weighted by atomic mass is 32.1. The highest BCUT2D eigenvalue weighted by molar-refractivity contribution is 7.13. The lowest BCUT2D eigenvalue weighted by atomic mass is 10.1. The van der Waals surface area contributed by atoms with Gasteiger partial charge in [0.25, 0.3) is 0 Å². The predicted molar refractivity (Wildman–Crippen MR) is 100 cm³/mol. The largest absolute Gasteiger partial charge is 0.443 e. The molecule has 0 aromatic carbocycles. The van der Waals surface area contributed by atoms with E-state index in [9.17, 15) is 0 Å². The van der Waals surface area contributed by atoms with E-state index in [4.69, 9.17) is 13.9 Å². The number of nitrogens with zero attached hydrogens (tertiary/aromatic N) is 3. The standard InChI is InChI=1S/C18H24N4O3S/c1-19-18(22-6-8-24-15(11-22)14-4-2-7-23-14)20-10-13-12-25-17(21-13)16-5-3-9-26-16/h3,5,9,12,14-15H,2,4,6-8,10-11H2,1H3,(H,19,20). The Bertz CT molecular complexity index is 725. The normalized spacial score (nSPS) is 24.2. The summed E-state index contributed by atoms with van der Waals surface area (Å²) in [5, 5.41) is 5.40. The van der Waals surface area contributed by atoms with Gasteiger partial charge in [0.1, 0.15) is 12.4 Å². The molecule has 2 fully saturated rings. The number of oxazole rings is 1. The summed E-state index contributed by atoms with van der Waals surface area (Å²) in [5.74, 6) is 1.52. The van der Waals surface area contributed by atoms with Crippen LogP contribution in [-0.2, 0) is 16.0 Å². The van der Waals surface area contributed by atoms with E-state index in [1.807, 2.05) is 17.5 Å². The van der Waals surface area contributed by atoms with E-state index in [1.165, 1.54) is 0 Å². The van der Waals surface area contributed by atoms with Crippen LogP contribution in [-0.4, -0.2) is 61.4 Å². The molecule has 2 unspecified atom stereocenters. The highest BCUT2D eigenvalue weighted by Crippen LogP contribution is 2.24. The molecule has 0 radical (unpaired) electrons. The number of guanidine groups is 1. The van der Waals surface area contributed by atoms with Crippen LogP contribution < -0.4 is 5.32 Å². The van der Waals surface area contributed by atoms with Gasteiger partial charge < -0.3 is 24.1 Å². The van der Waals surface area contributed by atoms with Crippen molar-refractivity contribution < 1.29 is 13.9 Å². The molecule has 2 atom stereocenters. The fraction of sp³-hybridized carbons (Fsp3) is 0.556. The first-order valence-electron chi connectivity index (χ1n) is 9.00. The summed E-state index contributed by atoms with van der Waals surface area (Å²) in [5.41, 5.74) is 0.860. The molecule has 26 heavy (non-hydrogen) atoms. The number of thiophene rings is 1. The minimum atomic E-state index is 0.113. The van der Waals surface area contributed by atoms with Crippen LogP contribution in [0.4, 0.5) is 0 Å². The average Bonchev–Trinajstić information content (AvgIpc) is 3.43. The zero-order valence-corrected chi connectivity index (χ0v) is 15.7. The summed E-state index contributed by atoms with van der Waals surface area (Å²) >= 11 is 1.62. The lowest BCUT2D eigenvalue weighted by molar-refractivity contribution is -0.0817. The minimum absolute atomic E-state index is 0.113. The third-order valence-corrected chi connectivity index (χ3v) is 5.55. The van der Waals surface area contributed by atoms with E-state index < -0.39 is 0 Å². The zero-order valence-electron chi connectivity index (χ0n) is 14.9. The SMILES string of the molecule is CN=C(NCc1coc(-c2cccs2)n1)N1CCOC(C2CCCO2)C1. The molecule has 2 aromatic heterocycles. The van der Waals surface area contributed by atoms with Gasteiger partial charge in [-0.05, 0) is 24.3 Å².